The number of imidazole rings is 1. The monoisotopic (exact) mass is 644 g/mol. The van der Waals surface area contributed by atoms with Crippen molar-refractivity contribution in [2.75, 3.05) is 51.2 Å². The lowest BCUT2D eigenvalue weighted by Gasteiger charge is -2.38. The summed E-state index contributed by atoms with van der Waals surface area (Å²) < 4.78 is 36.2. The summed E-state index contributed by atoms with van der Waals surface area (Å²) in [6, 6.07) is 9.76. The Morgan fingerprint density at radius 2 is 1.91 bits per heavy atom. The number of halogens is 2. The molecule has 4 aromatic rings. The molecular weight excluding hydrogens is 610 g/mol. The molecule has 14 heteroatoms. The average molecular weight is 645 g/mol. The number of aromatic nitrogens is 3. The molecule has 2 amide bonds. The first-order valence-electron chi connectivity index (χ1n) is 15.5. The number of β-amino-alcohol motifs (C(OH)–C–C–N with tert-alkyl or cyclic N) is 1. The molecule has 2 aromatic carbocycles. The number of benzene rings is 2. The van der Waals surface area contributed by atoms with Gasteiger partial charge in [-0.15, -0.1) is 0 Å². The molecule has 4 heterocycles. The molecule has 0 unspecified atom stereocenters. The maximum atomic E-state index is 15.0. The van der Waals surface area contributed by atoms with E-state index in [9.17, 15) is 19.1 Å². The van der Waals surface area contributed by atoms with E-state index >= 15 is 4.39 Å². The Kier molecular flexibility index (Phi) is 9.28. The van der Waals surface area contributed by atoms with E-state index in [4.69, 9.17) is 10.00 Å². The van der Waals surface area contributed by atoms with Gasteiger partial charge in [0.15, 0.2) is 29.6 Å². The fraction of sp³-hybridized carbons (Fsp3) is 0.364. The van der Waals surface area contributed by atoms with Gasteiger partial charge in [-0.2, -0.15) is 9.65 Å². The highest BCUT2D eigenvalue weighted by atomic mass is 19.2. The van der Waals surface area contributed by atoms with Crippen molar-refractivity contribution in [2.24, 2.45) is 5.92 Å². The molecule has 0 saturated carbocycles. The number of anilines is 2. The number of carbonyl (C=O) groups excluding carboxylic acids is 2. The zero-order valence-electron chi connectivity index (χ0n) is 25.7. The summed E-state index contributed by atoms with van der Waals surface area (Å²) in [5.74, 6) is -2.89. The number of hydrogen-bond acceptors (Lipinski definition) is 9. The van der Waals surface area contributed by atoms with Crippen LogP contribution in [0.4, 0.5) is 20.3 Å². The molecule has 3 N–H and O–H groups in total. The van der Waals surface area contributed by atoms with Crippen LogP contribution in [-0.2, 0) is 11.2 Å². The number of hydrogen-bond donors (Lipinski definition) is 3. The molecule has 2 aliphatic rings. The molecule has 0 aliphatic carbocycles. The Labute approximate surface area is 269 Å². The number of carbonyl (C=O) groups is 2. The summed E-state index contributed by atoms with van der Waals surface area (Å²) in [5.41, 5.74) is 2.67. The minimum atomic E-state index is -1.20. The van der Waals surface area contributed by atoms with Gasteiger partial charge in [-0.3, -0.25) is 14.0 Å². The molecule has 0 radical (unpaired) electrons. The van der Waals surface area contributed by atoms with Crippen LogP contribution in [0.2, 0.25) is 0 Å². The zero-order valence-corrected chi connectivity index (χ0v) is 25.7. The lowest BCUT2D eigenvalue weighted by Crippen LogP contribution is -2.55. The number of aryl methyl sites for hydroxylation is 1. The van der Waals surface area contributed by atoms with Crippen molar-refractivity contribution in [3.8, 4) is 23.1 Å². The van der Waals surface area contributed by atoms with Crippen LogP contribution in [0.1, 0.15) is 29.3 Å². The Morgan fingerprint density at radius 1 is 1.13 bits per heavy atom. The van der Waals surface area contributed by atoms with Gasteiger partial charge in [0.05, 0.1) is 23.9 Å². The molecule has 2 fully saturated rings. The average Bonchev–Trinajstić information content (AvgIpc) is 3.53. The summed E-state index contributed by atoms with van der Waals surface area (Å²) in [4.78, 5) is 38.9. The molecule has 12 nitrogen and oxygen atoms in total. The van der Waals surface area contributed by atoms with Gasteiger partial charge in [0, 0.05) is 61.9 Å². The van der Waals surface area contributed by atoms with Crippen LogP contribution >= 0.6 is 0 Å². The molecule has 2 aliphatic heterocycles. The fourth-order valence-corrected chi connectivity index (χ4v) is 6.13. The lowest BCUT2D eigenvalue weighted by molar-refractivity contribution is -0.141. The molecule has 2 saturated heterocycles. The van der Waals surface area contributed by atoms with E-state index in [0.29, 0.717) is 74.8 Å². The molecule has 0 spiro atoms. The number of rotatable bonds is 8. The standard InChI is InChI=1S/C33H34F2N8O4/c1-2-20-17-21(3-4-22(20)32(45)41-12-14-42(15-13-41)33(46)24-7-9-37-19-26(24)44)40-30-31-39-18-25(43(31)11-10-38-30)23-5-6-27(47-16-8-36)29(35)28(23)34/h3-6,10-11,17-18,24,26,37,44H,2,7,9,12-16,19H2,1H3,(H,38,40)/t24-,26-/m1/s1. The second kappa shape index (κ2) is 13.7. The van der Waals surface area contributed by atoms with Crippen molar-refractivity contribution in [3.63, 3.8) is 0 Å². The van der Waals surface area contributed by atoms with Crippen molar-refractivity contribution in [2.45, 2.75) is 25.9 Å². The van der Waals surface area contributed by atoms with Crippen LogP contribution in [-0.4, -0.2) is 93.1 Å². The van der Waals surface area contributed by atoms with Crippen molar-refractivity contribution in [1.82, 2.24) is 29.5 Å². The minimum absolute atomic E-state index is 0.0401. The number of piperidine rings is 1. The molecule has 0 bridgehead atoms. The van der Waals surface area contributed by atoms with E-state index in [1.807, 2.05) is 13.0 Å². The van der Waals surface area contributed by atoms with Gasteiger partial charge >= 0.3 is 0 Å². The van der Waals surface area contributed by atoms with Crippen LogP contribution in [0.5, 0.6) is 5.75 Å². The van der Waals surface area contributed by atoms with Crippen LogP contribution in [0, 0.1) is 28.9 Å². The van der Waals surface area contributed by atoms with Gasteiger partial charge in [-0.25, -0.2) is 14.4 Å². The number of nitriles is 1. The molecule has 2 aromatic heterocycles. The Morgan fingerprint density at radius 3 is 2.66 bits per heavy atom. The van der Waals surface area contributed by atoms with E-state index in [2.05, 4.69) is 20.6 Å². The summed E-state index contributed by atoms with van der Waals surface area (Å²) in [5, 5.41) is 25.3. The molecule has 244 valence electrons. The number of amides is 2. The summed E-state index contributed by atoms with van der Waals surface area (Å²) in [6.07, 6.45) is 4.99. The third-order valence-corrected chi connectivity index (χ3v) is 8.67. The molecular formula is C33H34F2N8O4. The van der Waals surface area contributed by atoms with Crippen LogP contribution < -0.4 is 15.4 Å². The van der Waals surface area contributed by atoms with E-state index in [1.54, 1.807) is 38.6 Å². The topological polar surface area (TPSA) is 148 Å². The van der Waals surface area contributed by atoms with E-state index in [0.717, 1.165) is 5.56 Å². The van der Waals surface area contributed by atoms with Crippen molar-refractivity contribution in [1.29, 1.82) is 5.26 Å². The largest absolute Gasteiger partial charge is 0.476 e. The van der Waals surface area contributed by atoms with Gasteiger partial charge in [-0.1, -0.05) is 6.92 Å². The Balaban J connectivity index is 1.16. The van der Waals surface area contributed by atoms with Crippen LogP contribution in [0.15, 0.2) is 48.9 Å². The van der Waals surface area contributed by atoms with Crippen molar-refractivity contribution >= 4 is 29.0 Å². The first-order valence-corrected chi connectivity index (χ1v) is 15.5. The highest BCUT2D eigenvalue weighted by molar-refractivity contribution is 5.96. The number of aliphatic hydroxyl groups is 1. The van der Waals surface area contributed by atoms with Gasteiger partial charge in [0.2, 0.25) is 11.7 Å². The highest BCUT2D eigenvalue weighted by Crippen LogP contribution is 2.32. The predicted molar refractivity (Wildman–Crippen MR) is 168 cm³/mol. The first kappa shape index (κ1) is 31.8. The SMILES string of the molecule is CCc1cc(Nc2nccn3c(-c4ccc(OCC#N)c(F)c4F)cnc23)ccc1C(=O)N1CCN(C(=O)[C@@H]2CCNC[C@H]2O)CC1. The number of nitrogens with zero attached hydrogens (tertiary/aromatic N) is 6. The number of piperazine rings is 1. The summed E-state index contributed by atoms with van der Waals surface area (Å²) >= 11 is 0. The van der Waals surface area contributed by atoms with Crippen LogP contribution in [0.25, 0.3) is 16.9 Å². The van der Waals surface area contributed by atoms with Gasteiger partial charge in [-0.05, 0) is 55.3 Å². The zero-order chi connectivity index (χ0) is 33.1. The number of ether oxygens (including phenoxy) is 1. The van der Waals surface area contributed by atoms with Gasteiger partial charge < -0.3 is 30.3 Å². The molecule has 2 atom stereocenters. The second-order valence-electron chi connectivity index (χ2n) is 11.4. The normalized spacial score (nSPS) is 18.2. The second-order valence-corrected chi connectivity index (χ2v) is 11.4. The smallest absolute Gasteiger partial charge is 0.254 e. The third kappa shape index (κ3) is 6.32. The molecule has 47 heavy (non-hydrogen) atoms. The predicted octanol–water partition coefficient (Wildman–Crippen LogP) is 3.14. The Hall–Kier alpha value is -5.13. The molecule has 6 rings (SSSR count). The maximum Gasteiger partial charge on any atom is 0.254 e. The number of fused-ring (bicyclic) bond motifs is 1. The quantitative estimate of drug-likeness (QED) is 0.263. The fourth-order valence-electron chi connectivity index (χ4n) is 6.13. The lowest BCUT2D eigenvalue weighted by atomic mass is 9.93. The van der Waals surface area contributed by atoms with E-state index in [-0.39, 0.29) is 28.8 Å². The number of nitrogens with one attached hydrogen (secondary N) is 2. The van der Waals surface area contributed by atoms with Crippen molar-refractivity contribution in [3.05, 3.63) is 71.7 Å². The first-order chi connectivity index (χ1) is 22.8. The van der Waals surface area contributed by atoms with E-state index in [1.165, 1.54) is 24.5 Å². The van der Waals surface area contributed by atoms with Gasteiger partial charge in [0.1, 0.15) is 6.07 Å². The third-order valence-electron chi connectivity index (χ3n) is 8.67. The minimum Gasteiger partial charge on any atom is -0.476 e. The Bertz CT molecular complexity index is 1850. The van der Waals surface area contributed by atoms with E-state index < -0.39 is 30.3 Å². The highest BCUT2D eigenvalue weighted by Gasteiger charge is 2.34. The van der Waals surface area contributed by atoms with Crippen molar-refractivity contribution < 1.29 is 28.2 Å². The maximum absolute atomic E-state index is 15.0. The summed E-state index contributed by atoms with van der Waals surface area (Å²) in [7, 11) is 0. The van der Waals surface area contributed by atoms with Gasteiger partial charge in [0.25, 0.3) is 5.91 Å². The van der Waals surface area contributed by atoms with Crippen LogP contribution in [0.3, 0.4) is 0 Å². The summed E-state index contributed by atoms with van der Waals surface area (Å²) in [6.45, 7) is 4.30. The number of aliphatic hydroxyl groups excluding tert-OH is 1.